The molecule has 0 saturated carbocycles. The number of aliphatic hydroxyl groups is 1. The van der Waals surface area contributed by atoms with Gasteiger partial charge in [-0.15, -0.1) is 6.58 Å². The van der Waals surface area contributed by atoms with Gasteiger partial charge in [-0.2, -0.15) is 39.5 Å². The van der Waals surface area contributed by atoms with Crippen molar-refractivity contribution in [3.05, 3.63) is 12.7 Å². The molecule has 3 nitrogen and oxygen atoms in total. The molecule has 1 heterocycles. The van der Waals surface area contributed by atoms with E-state index in [2.05, 4.69) is 11.6 Å². The molecule has 24 heavy (non-hydrogen) atoms. The van der Waals surface area contributed by atoms with E-state index in [9.17, 15) is 44.6 Å². The minimum absolute atomic E-state index is 0.0303. The minimum Gasteiger partial charge on any atom is -0.366 e. The van der Waals surface area contributed by atoms with Gasteiger partial charge in [0.2, 0.25) is 5.72 Å². The number of hydrogen-bond acceptors (Lipinski definition) is 4. The molecule has 0 aromatic heterocycles. The number of aliphatic imine (C=N–C) groups is 1. The van der Waals surface area contributed by atoms with Crippen molar-refractivity contribution in [3.8, 4) is 0 Å². The lowest BCUT2D eigenvalue weighted by molar-refractivity contribution is -0.418. The van der Waals surface area contributed by atoms with E-state index in [-0.39, 0.29) is 5.75 Å². The first-order valence-electron chi connectivity index (χ1n) is 6.13. The Balaban J connectivity index is 3.22. The topological polar surface area (TPSA) is 44.6 Å². The minimum atomic E-state index is -7.07. The molecule has 1 rings (SSSR count). The van der Waals surface area contributed by atoms with E-state index in [1.807, 2.05) is 0 Å². The molecule has 0 spiro atoms. The molecule has 0 bridgehead atoms. The number of amidine groups is 1. The van der Waals surface area contributed by atoms with Gasteiger partial charge in [0.05, 0.1) is 0 Å². The summed E-state index contributed by atoms with van der Waals surface area (Å²) in [5, 5.41) is 10.6. The van der Waals surface area contributed by atoms with Gasteiger partial charge in [-0.3, -0.25) is 4.99 Å². The first-order valence-corrected chi connectivity index (χ1v) is 7.11. The van der Waals surface area contributed by atoms with E-state index in [0.29, 0.717) is 11.8 Å². The number of halogens is 9. The molecule has 2 N–H and O–H groups in total. The number of nitrogens with zero attached hydrogens (tertiary/aromatic N) is 1. The molecule has 1 aliphatic rings. The van der Waals surface area contributed by atoms with Crippen LogP contribution in [0.25, 0.3) is 0 Å². The Kier molecular flexibility index (Phi) is 5.51. The van der Waals surface area contributed by atoms with Crippen LogP contribution in [0, 0.1) is 0 Å². The quantitative estimate of drug-likeness (QED) is 0.559. The molecule has 1 atom stereocenters. The lowest BCUT2D eigenvalue weighted by Gasteiger charge is -2.44. The Labute approximate surface area is 134 Å². The maximum atomic E-state index is 13.9. The van der Waals surface area contributed by atoms with E-state index < -0.39 is 47.8 Å². The van der Waals surface area contributed by atoms with Crippen molar-refractivity contribution >= 4 is 16.9 Å². The van der Waals surface area contributed by atoms with E-state index >= 15 is 0 Å². The van der Waals surface area contributed by atoms with Gasteiger partial charge in [-0.05, 0) is 0 Å². The molecule has 1 unspecified atom stereocenters. The van der Waals surface area contributed by atoms with Crippen LogP contribution in [0.4, 0.5) is 39.5 Å². The Bertz CT molecular complexity index is 520. The lowest BCUT2D eigenvalue weighted by Crippen LogP contribution is -2.73. The molecular formula is C11H11F9N2OS. The van der Waals surface area contributed by atoms with Crippen molar-refractivity contribution in [2.24, 2.45) is 4.99 Å². The zero-order valence-corrected chi connectivity index (χ0v) is 12.4. The van der Waals surface area contributed by atoms with Crippen LogP contribution in [-0.2, 0) is 0 Å². The van der Waals surface area contributed by atoms with Crippen LogP contribution in [-0.4, -0.2) is 52.2 Å². The highest BCUT2D eigenvalue weighted by Crippen LogP contribution is 2.56. The molecule has 0 radical (unpaired) electrons. The fourth-order valence-electron chi connectivity index (χ4n) is 1.69. The van der Waals surface area contributed by atoms with Crippen LogP contribution >= 0.6 is 11.8 Å². The summed E-state index contributed by atoms with van der Waals surface area (Å²) in [7, 11) is 0. The lowest BCUT2D eigenvalue weighted by atomic mass is 9.91. The molecule has 0 saturated heterocycles. The summed E-state index contributed by atoms with van der Waals surface area (Å²) in [6.07, 6.45) is -6.99. The highest BCUT2D eigenvalue weighted by atomic mass is 32.2. The molecule has 0 aromatic carbocycles. The van der Waals surface area contributed by atoms with Crippen molar-refractivity contribution in [1.82, 2.24) is 5.32 Å². The fraction of sp³-hybridized carbons (Fsp3) is 0.727. The maximum absolute atomic E-state index is 13.9. The van der Waals surface area contributed by atoms with Crippen molar-refractivity contribution in [1.29, 1.82) is 0 Å². The molecule has 0 aliphatic carbocycles. The van der Waals surface area contributed by atoms with Gasteiger partial charge in [-0.25, -0.2) is 0 Å². The van der Waals surface area contributed by atoms with E-state index in [1.54, 1.807) is 0 Å². The predicted octanol–water partition coefficient (Wildman–Crippen LogP) is 3.41. The number of alkyl halides is 9. The van der Waals surface area contributed by atoms with Gasteiger partial charge < -0.3 is 10.4 Å². The SMILES string of the molecule is C=CCSC1=NCCC(O)(C(F)(F)C(F)(F)C(F)(F)C(F)(F)F)N1. The summed E-state index contributed by atoms with van der Waals surface area (Å²) in [5.74, 6) is -20.1. The Morgan fingerprint density at radius 3 is 2.12 bits per heavy atom. The fourth-order valence-corrected chi connectivity index (χ4v) is 2.39. The van der Waals surface area contributed by atoms with Crippen molar-refractivity contribution < 1.29 is 44.6 Å². The van der Waals surface area contributed by atoms with Crippen LogP contribution in [0.5, 0.6) is 0 Å². The van der Waals surface area contributed by atoms with Gasteiger partial charge in [0.15, 0.2) is 5.17 Å². The molecule has 0 aromatic rings. The van der Waals surface area contributed by atoms with Crippen LogP contribution in [0.1, 0.15) is 6.42 Å². The summed E-state index contributed by atoms with van der Waals surface area (Å²) < 4.78 is 117. The second-order valence-corrected chi connectivity index (χ2v) is 5.75. The largest absolute Gasteiger partial charge is 0.460 e. The van der Waals surface area contributed by atoms with Gasteiger partial charge in [-0.1, -0.05) is 17.8 Å². The second-order valence-electron chi connectivity index (χ2n) is 4.74. The molecule has 0 amide bonds. The second kappa shape index (κ2) is 6.32. The van der Waals surface area contributed by atoms with Gasteiger partial charge in [0, 0.05) is 18.7 Å². The van der Waals surface area contributed by atoms with Crippen LogP contribution < -0.4 is 5.32 Å². The number of hydrogen-bond donors (Lipinski definition) is 2. The van der Waals surface area contributed by atoms with E-state index in [0.717, 1.165) is 0 Å². The van der Waals surface area contributed by atoms with E-state index in [1.165, 1.54) is 11.4 Å². The molecule has 140 valence electrons. The van der Waals surface area contributed by atoms with Crippen molar-refractivity contribution in [2.45, 2.75) is 36.1 Å². The summed E-state index contributed by atoms with van der Waals surface area (Å²) in [5.41, 5.74) is -4.05. The first-order chi connectivity index (χ1) is 10.6. The first kappa shape index (κ1) is 20.9. The summed E-state index contributed by atoms with van der Waals surface area (Å²) in [6, 6.07) is 0. The predicted molar refractivity (Wildman–Crippen MR) is 68.6 cm³/mol. The van der Waals surface area contributed by atoms with Gasteiger partial charge in [0.25, 0.3) is 0 Å². The normalized spacial score (nSPS) is 23.5. The zero-order valence-electron chi connectivity index (χ0n) is 11.6. The van der Waals surface area contributed by atoms with Crippen molar-refractivity contribution in [3.63, 3.8) is 0 Å². The highest BCUT2D eigenvalue weighted by Gasteiger charge is 2.86. The molecule has 13 heteroatoms. The van der Waals surface area contributed by atoms with E-state index in [4.69, 9.17) is 0 Å². The third-order valence-corrected chi connectivity index (χ3v) is 3.95. The van der Waals surface area contributed by atoms with Gasteiger partial charge in [0.1, 0.15) is 0 Å². The molecule has 0 fully saturated rings. The van der Waals surface area contributed by atoms with Gasteiger partial charge >= 0.3 is 23.9 Å². The highest BCUT2D eigenvalue weighted by molar-refractivity contribution is 8.13. The summed E-state index contributed by atoms with van der Waals surface area (Å²) in [6.45, 7) is 2.58. The smallest absolute Gasteiger partial charge is 0.366 e. The third kappa shape index (κ3) is 3.19. The Hall–Kier alpha value is -1.11. The monoisotopic (exact) mass is 390 g/mol. The Morgan fingerprint density at radius 2 is 1.67 bits per heavy atom. The molecule has 1 aliphatic heterocycles. The van der Waals surface area contributed by atoms with Crippen molar-refractivity contribution in [2.75, 3.05) is 12.3 Å². The number of thioether (sulfide) groups is 1. The third-order valence-electron chi connectivity index (χ3n) is 3.04. The summed E-state index contributed by atoms with van der Waals surface area (Å²) in [4.78, 5) is 3.54. The molecular weight excluding hydrogens is 379 g/mol. The number of rotatable bonds is 5. The Morgan fingerprint density at radius 1 is 1.12 bits per heavy atom. The number of nitrogens with one attached hydrogen (secondary N) is 1. The summed E-state index contributed by atoms with van der Waals surface area (Å²) >= 11 is 0.612. The zero-order chi connectivity index (χ0) is 19.0. The van der Waals surface area contributed by atoms with Crippen LogP contribution in [0.3, 0.4) is 0 Å². The standard InChI is InChI=1S/C11H11F9N2OS/c1-2-5-24-6-21-4-3-7(23,22-6)8(12,13)9(14,15)10(16,17)11(18,19)20/h2,23H,1,3-5H2,(H,21,22). The average Bonchev–Trinajstić information content (AvgIpc) is 2.43. The average molecular weight is 390 g/mol. The van der Waals surface area contributed by atoms with Crippen LogP contribution in [0.2, 0.25) is 0 Å². The maximum Gasteiger partial charge on any atom is 0.460 e. The van der Waals surface area contributed by atoms with Crippen LogP contribution in [0.15, 0.2) is 17.6 Å².